The molecule has 2 aromatic rings. The van der Waals surface area contributed by atoms with Gasteiger partial charge >= 0.3 is 0 Å². The zero-order valence-corrected chi connectivity index (χ0v) is 11.2. The molecular weight excluding hydrogens is 263 g/mol. The van der Waals surface area contributed by atoms with Gasteiger partial charge in [0.25, 0.3) is 0 Å². The predicted molar refractivity (Wildman–Crippen MR) is 74.7 cm³/mol. The summed E-state index contributed by atoms with van der Waals surface area (Å²) < 4.78 is 13.1. The second-order valence-corrected chi connectivity index (χ2v) is 4.67. The van der Waals surface area contributed by atoms with E-state index in [4.69, 9.17) is 16.9 Å². The molecule has 0 amide bonds. The van der Waals surface area contributed by atoms with Crippen molar-refractivity contribution in [2.45, 2.75) is 6.54 Å². The van der Waals surface area contributed by atoms with Crippen LogP contribution in [0.5, 0.6) is 0 Å². The molecule has 0 aromatic heterocycles. The summed E-state index contributed by atoms with van der Waals surface area (Å²) in [6, 6.07) is 13.6. The van der Waals surface area contributed by atoms with E-state index < -0.39 is 0 Å². The molecule has 2 rings (SSSR count). The van der Waals surface area contributed by atoms with E-state index in [1.807, 2.05) is 24.1 Å². The van der Waals surface area contributed by atoms with Crippen LogP contribution in [0.25, 0.3) is 0 Å². The fourth-order valence-electron chi connectivity index (χ4n) is 1.88. The van der Waals surface area contributed by atoms with Crippen molar-refractivity contribution >= 4 is 17.3 Å². The van der Waals surface area contributed by atoms with Crippen molar-refractivity contribution in [2.75, 3.05) is 11.9 Å². The van der Waals surface area contributed by atoms with Crippen molar-refractivity contribution in [1.82, 2.24) is 0 Å². The van der Waals surface area contributed by atoms with Gasteiger partial charge in [-0.2, -0.15) is 5.26 Å². The molecule has 2 aromatic carbocycles. The van der Waals surface area contributed by atoms with Crippen molar-refractivity contribution in [1.29, 1.82) is 5.26 Å². The second kappa shape index (κ2) is 5.73. The molecule has 4 heteroatoms. The van der Waals surface area contributed by atoms with Crippen LogP contribution >= 0.6 is 11.6 Å². The van der Waals surface area contributed by atoms with Gasteiger partial charge in [-0.15, -0.1) is 0 Å². The highest BCUT2D eigenvalue weighted by molar-refractivity contribution is 6.33. The number of halogens is 2. The predicted octanol–water partition coefficient (Wildman–Crippen LogP) is 3.99. The molecule has 0 radical (unpaired) electrons. The third-order valence-electron chi connectivity index (χ3n) is 2.80. The third kappa shape index (κ3) is 3.24. The quantitative estimate of drug-likeness (QED) is 0.846. The number of hydrogen-bond donors (Lipinski definition) is 0. The van der Waals surface area contributed by atoms with Gasteiger partial charge in [-0.3, -0.25) is 0 Å². The molecule has 0 aliphatic rings. The van der Waals surface area contributed by atoms with Crippen LogP contribution in [-0.2, 0) is 6.54 Å². The number of hydrogen-bond acceptors (Lipinski definition) is 2. The molecule has 0 aliphatic carbocycles. The van der Waals surface area contributed by atoms with Crippen LogP contribution in [0.2, 0.25) is 5.02 Å². The molecule has 0 fully saturated rings. The molecule has 0 unspecified atom stereocenters. The van der Waals surface area contributed by atoms with Gasteiger partial charge in [-0.1, -0.05) is 23.7 Å². The Morgan fingerprint density at radius 2 is 2.05 bits per heavy atom. The first kappa shape index (κ1) is 13.4. The zero-order chi connectivity index (χ0) is 13.8. The fourth-order valence-corrected chi connectivity index (χ4v) is 2.21. The van der Waals surface area contributed by atoms with Gasteiger partial charge in [0.05, 0.1) is 22.3 Å². The third-order valence-corrected chi connectivity index (χ3v) is 3.10. The lowest BCUT2D eigenvalue weighted by atomic mass is 10.1. The maximum absolute atomic E-state index is 13.1. The molecule has 2 nitrogen and oxygen atoms in total. The highest BCUT2D eigenvalue weighted by atomic mass is 35.5. The minimum atomic E-state index is -0.253. The Morgan fingerprint density at radius 1 is 1.26 bits per heavy atom. The second-order valence-electron chi connectivity index (χ2n) is 4.26. The van der Waals surface area contributed by atoms with Gasteiger partial charge in [-0.05, 0) is 35.9 Å². The average Bonchev–Trinajstić information content (AvgIpc) is 2.38. The Bertz CT molecular complexity index is 634. The van der Waals surface area contributed by atoms with Gasteiger partial charge in [0.15, 0.2) is 0 Å². The van der Waals surface area contributed by atoms with Crippen LogP contribution in [0.15, 0.2) is 42.5 Å². The summed E-state index contributed by atoms with van der Waals surface area (Å²) in [4.78, 5) is 1.91. The molecule has 0 spiro atoms. The Kier molecular flexibility index (Phi) is 4.03. The van der Waals surface area contributed by atoms with E-state index in [1.54, 1.807) is 24.3 Å². The van der Waals surface area contributed by atoms with E-state index in [2.05, 4.69) is 0 Å². The lowest BCUT2D eigenvalue weighted by Crippen LogP contribution is -2.16. The minimum Gasteiger partial charge on any atom is -0.369 e. The van der Waals surface area contributed by atoms with Gasteiger partial charge in [0, 0.05) is 13.6 Å². The number of rotatable bonds is 3. The number of anilines is 1. The highest BCUT2D eigenvalue weighted by Crippen LogP contribution is 2.27. The largest absolute Gasteiger partial charge is 0.369 e. The van der Waals surface area contributed by atoms with Crippen LogP contribution in [0.4, 0.5) is 10.1 Å². The van der Waals surface area contributed by atoms with Crippen LogP contribution < -0.4 is 4.90 Å². The number of nitriles is 1. The van der Waals surface area contributed by atoms with Gasteiger partial charge in [0.1, 0.15) is 5.82 Å². The Hall–Kier alpha value is -2.05. The van der Waals surface area contributed by atoms with Crippen LogP contribution in [0.3, 0.4) is 0 Å². The van der Waals surface area contributed by atoms with Crippen molar-refractivity contribution in [3.8, 4) is 6.07 Å². The van der Waals surface area contributed by atoms with Crippen molar-refractivity contribution < 1.29 is 4.39 Å². The van der Waals surface area contributed by atoms with E-state index in [1.165, 1.54) is 12.1 Å². The fraction of sp³-hybridized carbons (Fsp3) is 0.133. The van der Waals surface area contributed by atoms with Gasteiger partial charge < -0.3 is 4.90 Å². The number of nitrogens with zero attached hydrogens (tertiary/aromatic N) is 2. The molecule has 0 heterocycles. The highest BCUT2D eigenvalue weighted by Gasteiger charge is 2.08. The summed E-state index contributed by atoms with van der Waals surface area (Å²) in [6.07, 6.45) is 0. The SMILES string of the molecule is CN(Cc1cccc(F)c1)c1ccc(C#N)cc1Cl. The molecule has 0 saturated carbocycles. The molecule has 0 bridgehead atoms. The van der Waals surface area contributed by atoms with E-state index in [0.717, 1.165) is 11.3 Å². The van der Waals surface area contributed by atoms with E-state index in [0.29, 0.717) is 17.1 Å². The summed E-state index contributed by atoms with van der Waals surface area (Å²) in [5.74, 6) is -0.253. The maximum atomic E-state index is 13.1. The molecule has 0 atom stereocenters. The van der Waals surface area contributed by atoms with Crippen LogP contribution in [0, 0.1) is 17.1 Å². The van der Waals surface area contributed by atoms with Crippen LogP contribution in [0.1, 0.15) is 11.1 Å². The first-order chi connectivity index (χ1) is 9.10. The van der Waals surface area contributed by atoms with Crippen molar-refractivity contribution in [3.63, 3.8) is 0 Å². The monoisotopic (exact) mass is 274 g/mol. The smallest absolute Gasteiger partial charge is 0.123 e. The molecule has 19 heavy (non-hydrogen) atoms. The molecule has 0 N–H and O–H groups in total. The summed E-state index contributed by atoms with van der Waals surface area (Å²) in [6.45, 7) is 0.545. The zero-order valence-electron chi connectivity index (χ0n) is 10.4. The molecule has 96 valence electrons. The Balaban J connectivity index is 2.21. The first-order valence-corrected chi connectivity index (χ1v) is 6.13. The maximum Gasteiger partial charge on any atom is 0.123 e. The minimum absolute atomic E-state index is 0.253. The summed E-state index contributed by atoms with van der Waals surface area (Å²) in [7, 11) is 1.87. The lowest BCUT2D eigenvalue weighted by Gasteiger charge is -2.20. The Morgan fingerprint density at radius 3 is 2.68 bits per heavy atom. The van der Waals surface area contributed by atoms with E-state index >= 15 is 0 Å². The van der Waals surface area contributed by atoms with Crippen molar-refractivity contribution in [3.05, 3.63) is 64.4 Å². The normalized spacial score (nSPS) is 10.0. The molecule has 0 saturated heterocycles. The average molecular weight is 275 g/mol. The number of benzene rings is 2. The first-order valence-electron chi connectivity index (χ1n) is 5.75. The van der Waals surface area contributed by atoms with Crippen LogP contribution in [-0.4, -0.2) is 7.05 Å². The summed E-state index contributed by atoms with van der Waals surface area (Å²) >= 11 is 6.13. The van der Waals surface area contributed by atoms with E-state index in [-0.39, 0.29) is 5.82 Å². The Labute approximate surface area is 116 Å². The summed E-state index contributed by atoms with van der Waals surface area (Å²) in [5.41, 5.74) is 2.20. The van der Waals surface area contributed by atoms with Gasteiger partial charge in [-0.25, -0.2) is 4.39 Å². The topological polar surface area (TPSA) is 27.0 Å². The lowest BCUT2D eigenvalue weighted by molar-refractivity contribution is 0.625. The molecule has 0 aliphatic heterocycles. The summed E-state index contributed by atoms with van der Waals surface area (Å²) in [5, 5.41) is 9.31. The van der Waals surface area contributed by atoms with Crippen molar-refractivity contribution in [2.24, 2.45) is 0 Å². The van der Waals surface area contributed by atoms with E-state index in [9.17, 15) is 4.39 Å². The molecular formula is C15H12ClFN2. The van der Waals surface area contributed by atoms with Gasteiger partial charge in [0.2, 0.25) is 0 Å². The standard InChI is InChI=1S/C15H12ClFN2/c1-19(10-12-3-2-4-13(17)7-12)15-6-5-11(9-18)8-14(15)16/h2-8H,10H2,1H3.